The largest absolute Gasteiger partial charge is 0.348 e. The molecule has 1 saturated heterocycles. The molecule has 1 N–H and O–H groups in total. The van der Waals surface area contributed by atoms with Gasteiger partial charge in [0.2, 0.25) is 0 Å². The van der Waals surface area contributed by atoms with E-state index >= 15 is 0 Å². The maximum Gasteiger partial charge on any atom is 0.189 e. The highest BCUT2D eigenvalue weighted by Crippen LogP contribution is 2.08. The lowest BCUT2D eigenvalue weighted by molar-refractivity contribution is 0.338. The number of nitrogens with zero attached hydrogens (tertiary/aromatic N) is 3. The predicted octanol–water partition coefficient (Wildman–Crippen LogP) is 2.17. The molecule has 1 fully saturated rings. The summed E-state index contributed by atoms with van der Waals surface area (Å²) in [4.78, 5) is 6.42. The summed E-state index contributed by atoms with van der Waals surface area (Å²) in [6, 6.07) is 5.78. The second-order valence-corrected chi connectivity index (χ2v) is 4.76. The first-order chi connectivity index (χ1) is 8.77. The van der Waals surface area contributed by atoms with E-state index in [0.717, 1.165) is 24.5 Å². The van der Waals surface area contributed by atoms with E-state index in [-0.39, 0.29) is 0 Å². The zero-order chi connectivity index (χ0) is 12.8. The Morgan fingerprint density at radius 3 is 2.78 bits per heavy atom. The highest BCUT2D eigenvalue weighted by Gasteiger charge is 2.12. The van der Waals surface area contributed by atoms with Gasteiger partial charge in [-0.05, 0) is 50.5 Å². The van der Waals surface area contributed by atoms with Crippen LogP contribution in [0.4, 0.5) is 0 Å². The number of likely N-dealkylation sites (tertiary alicyclic amines) is 1. The molecule has 18 heavy (non-hydrogen) atoms. The molecule has 1 aromatic rings. The third-order valence-electron chi connectivity index (χ3n) is 3.00. The van der Waals surface area contributed by atoms with E-state index in [2.05, 4.69) is 20.4 Å². The summed E-state index contributed by atoms with van der Waals surface area (Å²) in [7, 11) is 0. The van der Waals surface area contributed by atoms with Gasteiger partial charge in [0.1, 0.15) is 0 Å². The molecule has 0 saturated carbocycles. The lowest BCUT2D eigenvalue weighted by Crippen LogP contribution is -2.41. The molecule has 0 aromatic carbocycles. The van der Waals surface area contributed by atoms with Crippen LogP contribution in [-0.4, -0.2) is 33.8 Å². The van der Waals surface area contributed by atoms with Gasteiger partial charge in [-0.1, -0.05) is 6.07 Å². The Hall–Kier alpha value is -1.49. The van der Waals surface area contributed by atoms with Crippen molar-refractivity contribution in [2.24, 2.45) is 5.10 Å². The van der Waals surface area contributed by atoms with Crippen molar-refractivity contribution in [1.82, 2.24) is 15.3 Å². The summed E-state index contributed by atoms with van der Waals surface area (Å²) < 4.78 is 0. The van der Waals surface area contributed by atoms with Crippen LogP contribution >= 0.6 is 12.2 Å². The Kier molecular flexibility index (Phi) is 4.64. The van der Waals surface area contributed by atoms with E-state index in [1.54, 1.807) is 6.20 Å². The van der Waals surface area contributed by atoms with Crippen molar-refractivity contribution in [3.63, 3.8) is 0 Å². The fraction of sp³-hybridized carbons (Fsp3) is 0.462. The Morgan fingerprint density at radius 1 is 1.33 bits per heavy atom. The van der Waals surface area contributed by atoms with Gasteiger partial charge in [-0.3, -0.25) is 10.4 Å². The molecule has 2 heterocycles. The van der Waals surface area contributed by atoms with Crippen molar-refractivity contribution in [1.29, 1.82) is 0 Å². The first-order valence-corrected chi connectivity index (χ1v) is 6.69. The number of hydrogen-bond donors (Lipinski definition) is 1. The first-order valence-electron chi connectivity index (χ1n) is 6.28. The number of rotatable bonds is 2. The summed E-state index contributed by atoms with van der Waals surface area (Å²) in [5.41, 5.74) is 4.67. The Bertz CT molecular complexity index is 424. The molecule has 5 heteroatoms. The fourth-order valence-corrected chi connectivity index (χ4v) is 2.16. The Labute approximate surface area is 113 Å². The molecule has 0 spiro atoms. The van der Waals surface area contributed by atoms with Crippen molar-refractivity contribution in [3.05, 3.63) is 30.1 Å². The number of thiocarbonyl (C=S) groups is 1. The van der Waals surface area contributed by atoms with Gasteiger partial charge >= 0.3 is 0 Å². The number of hydrogen-bond acceptors (Lipinski definition) is 3. The van der Waals surface area contributed by atoms with Gasteiger partial charge in [-0.25, -0.2) is 0 Å². The predicted molar refractivity (Wildman–Crippen MR) is 77.6 cm³/mol. The number of piperidine rings is 1. The van der Waals surface area contributed by atoms with Crippen LogP contribution in [0.25, 0.3) is 0 Å². The molecule has 96 valence electrons. The standard InChI is InChI=1S/C13H18N4S/c1-11(12-7-3-4-8-14-12)15-16-13(18)17-9-5-2-6-10-17/h3-4,7-8H,2,5-6,9-10H2,1H3,(H,16,18)/b15-11-. The molecule has 0 unspecified atom stereocenters. The van der Waals surface area contributed by atoms with Gasteiger partial charge in [0.15, 0.2) is 5.11 Å². The van der Waals surface area contributed by atoms with Crippen LogP contribution in [0.15, 0.2) is 29.5 Å². The van der Waals surface area contributed by atoms with E-state index in [0.29, 0.717) is 5.11 Å². The molecule has 1 aliphatic heterocycles. The fourth-order valence-electron chi connectivity index (χ4n) is 1.93. The molecule has 0 bridgehead atoms. The number of aromatic nitrogens is 1. The van der Waals surface area contributed by atoms with Crippen LogP contribution in [0.2, 0.25) is 0 Å². The third kappa shape index (κ3) is 3.50. The van der Waals surface area contributed by atoms with Crippen LogP contribution in [0.3, 0.4) is 0 Å². The van der Waals surface area contributed by atoms with Crippen LogP contribution in [0, 0.1) is 0 Å². The van der Waals surface area contributed by atoms with Gasteiger partial charge in [-0.2, -0.15) is 5.10 Å². The van der Waals surface area contributed by atoms with E-state index in [9.17, 15) is 0 Å². The molecule has 1 aromatic heterocycles. The van der Waals surface area contributed by atoms with E-state index in [1.807, 2.05) is 25.1 Å². The van der Waals surface area contributed by atoms with Gasteiger partial charge in [0.25, 0.3) is 0 Å². The summed E-state index contributed by atoms with van der Waals surface area (Å²) in [6.45, 7) is 3.99. The SMILES string of the molecule is C/C(=N/NC(=S)N1CCCCC1)c1ccccn1. The lowest BCUT2D eigenvalue weighted by Gasteiger charge is -2.28. The molecule has 1 aliphatic rings. The van der Waals surface area contributed by atoms with Crippen molar-refractivity contribution in [2.45, 2.75) is 26.2 Å². The second-order valence-electron chi connectivity index (χ2n) is 4.38. The molecular weight excluding hydrogens is 244 g/mol. The maximum atomic E-state index is 5.33. The zero-order valence-corrected chi connectivity index (χ0v) is 11.4. The monoisotopic (exact) mass is 262 g/mol. The quantitative estimate of drug-likeness (QED) is 0.504. The third-order valence-corrected chi connectivity index (χ3v) is 3.35. The van der Waals surface area contributed by atoms with Gasteiger partial charge < -0.3 is 4.90 Å². The minimum Gasteiger partial charge on any atom is -0.348 e. The Balaban J connectivity index is 1.91. The average Bonchev–Trinajstić information content (AvgIpc) is 2.46. The number of pyridine rings is 1. The molecule has 4 nitrogen and oxygen atoms in total. The van der Waals surface area contributed by atoms with E-state index in [4.69, 9.17) is 12.2 Å². The summed E-state index contributed by atoms with van der Waals surface area (Å²) in [5.74, 6) is 0. The zero-order valence-electron chi connectivity index (χ0n) is 10.6. The minimum atomic E-state index is 0.713. The number of hydrazone groups is 1. The smallest absolute Gasteiger partial charge is 0.189 e. The molecule has 2 rings (SSSR count). The van der Waals surface area contributed by atoms with Crippen molar-refractivity contribution in [2.75, 3.05) is 13.1 Å². The van der Waals surface area contributed by atoms with Crippen molar-refractivity contribution in [3.8, 4) is 0 Å². The van der Waals surface area contributed by atoms with Gasteiger partial charge in [-0.15, -0.1) is 0 Å². The van der Waals surface area contributed by atoms with Crippen LogP contribution in [-0.2, 0) is 0 Å². The second kappa shape index (κ2) is 6.44. The molecule has 0 radical (unpaired) electrons. The molecular formula is C13H18N4S. The highest BCUT2D eigenvalue weighted by molar-refractivity contribution is 7.80. The van der Waals surface area contributed by atoms with Crippen molar-refractivity contribution >= 4 is 23.0 Å². The lowest BCUT2D eigenvalue weighted by atomic mass is 10.1. The van der Waals surface area contributed by atoms with Crippen LogP contribution < -0.4 is 5.43 Å². The summed E-state index contributed by atoms with van der Waals surface area (Å²) >= 11 is 5.33. The average molecular weight is 262 g/mol. The molecule has 0 atom stereocenters. The summed E-state index contributed by atoms with van der Waals surface area (Å²) in [5, 5.41) is 5.00. The maximum absolute atomic E-state index is 5.33. The van der Waals surface area contributed by atoms with E-state index in [1.165, 1.54) is 19.3 Å². The van der Waals surface area contributed by atoms with Gasteiger partial charge in [0, 0.05) is 19.3 Å². The minimum absolute atomic E-state index is 0.713. The number of nitrogens with one attached hydrogen (secondary N) is 1. The normalized spacial score (nSPS) is 16.5. The van der Waals surface area contributed by atoms with E-state index < -0.39 is 0 Å². The first kappa shape index (κ1) is 13.0. The Morgan fingerprint density at radius 2 is 2.11 bits per heavy atom. The summed E-state index contributed by atoms with van der Waals surface area (Å²) in [6.07, 6.45) is 5.49. The van der Waals surface area contributed by atoms with Crippen LogP contribution in [0.5, 0.6) is 0 Å². The topological polar surface area (TPSA) is 40.5 Å². The molecule has 0 aliphatic carbocycles. The van der Waals surface area contributed by atoms with Gasteiger partial charge in [0.05, 0.1) is 11.4 Å². The van der Waals surface area contributed by atoms with Crippen molar-refractivity contribution < 1.29 is 0 Å². The molecule has 0 amide bonds. The van der Waals surface area contributed by atoms with Crippen LogP contribution in [0.1, 0.15) is 31.9 Å². The highest BCUT2D eigenvalue weighted by atomic mass is 32.1.